The van der Waals surface area contributed by atoms with Crippen molar-refractivity contribution in [2.75, 3.05) is 0 Å². The predicted octanol–water partition coefficient (Wildman–Crippen LogP) is 1.84. The van der Waals surface area contributed by atoms with E-state index in [4.69, 9.17) is 10.3 Å². The number of nitrogens with two attached hydrogens (primary N) is 1. The lowest BCUT2D eigenvalue weighted by Gasteiger charge is -2.02. The standard InChI is InChI=1S/C14H13N5O2/c1-7-11(8(2)21-18-7)9-3-5-10(6-4-9)12-13(14(15)20)17-19-16-12/h3-6H,1-2H3,(H2,15,20)(H,16,17,19). The zero-order chi connectivity index (χ0) is 15.0. The van der Waals surface area contributed by atoms with E-state index >= 15 is 0 Å². The van der Waals surface area contributed by atoms with E-state index in [-0.39, 0.29) is 5.69 Å². The van der Waals surface area contributed by atoms with Gasteiger partial charge in [0.25, 0.3) is 5.91 Å². The number of carbonyl (C=O) groups is 1. The van der Waals surface area contributed by atoms with Crippen LogP contribution in [0, 0.1) is 13.8 Å². The lowest BCUT2D eigenvalue weighted by Crippen LogP contribution is -2.12. The van der Waals surface area contributed by atoms with Crippen molar-refractivity contribution in [3.63, 3.8) is 0 Å². The van der Waals surface area contributed by atoms with Gasteiger partial charge >= 0.3 is 0 Å². The van der Waals surface area contributed by atoms with Crippen LogP contribution in [0.15, 0.2) is 28.8 Å². The number of aromatic amines is 1. The van der Waals surface area contributed by atoms with Gasteiger partial charge in [0.1, 0.15) is 11.5 Å². The zero-order valence-electron chi connectivity index (χ0n) is 11.5. The summed E-state index contributed by atoms with van der Waals surface area (Å²) in [6.45, 7) is 3.76. The quantitative estimate of drug-likeness (QED) is 0.762. The lowest BCUT2D eigenvalue weighted by atomic mass is 10.0. The normalized spacial score (nSPS) is 10.8. The van der Waals surface area contributed by atoms with E-state index in [0.717, 1.165) is 28.1 Å². The summed E-state index contributed by atoms with van der Waals surface area (Å²) < 4.78 is 5.16. The first-order valence-corrected chi connectivity index (χ1v) is 6.32. The van der Waals surface area contributed by atoms with E-state index in [1.165, 1.54) is 0 Å². The van der Waals surface area contributed by atoms with E-state index in [1.807, 2.05) is 38.1 Å². The molecule has 0 fully saturated rings. The minimum atomic E-state index is -0.617. The summed E-state index contributed by atoms with van der Waals surface area (Å²) in [7, 11) is 0. The molecule has 0 aliphatic rings. The Morgan fingerprint density at radius 3 is 2.38 bits per heavy atom. The number of rotatable bonds is 3. The van der Waals surface area contributed by atoms with E-state index < -0.39 is 5.91 Å². The summed E-state index contributed by atoms with van der Waals surface area (Å²) in [6, 6.07) is 7.54. The molecule has 3 N–H and O–H groups in total. The van der Waals surface area contributed by atoms with Gasteiger partial charge in [0, 0.05) is 11.1 Å². The van der Waals surface area contributed by atoms with Crippen LogP contribution in [0.5, 0.6) is 0 Å². The second-order valence-electron chi connectivity index (χ2n) is 4.66. The van der Waals surface area contributed by atoms with Crippen molar-refractivity contribution in [2.45, 2.75) is 13.8 Å². The SMILES string of the molecule is Cc1noc(C)c1-c1ccc(-c2n[nH]nc2C(N)=O)cc1. The third-order valence-electron chi connectivity index (χ3n) is 3.26. The van der Waals surface area contributed by atoms with Crippen LogP contribution in [0.4, 0.5) is 0 Å². The van der Waals surface area contributed by atoms with Gasteiger partial charge in [0.05, 0.1) is 5.69 Å². The van der Waals surface area contributed by atoms with Gasteiger partial charge < -0.3 is 10.3 Å². The van der Waals surface area contributed by atoms with Crippen molar-refractivity contribution in [3.8, 4) is 22.4 Å². The summed E-state index contributed by atoms with van der Waals surface area (Å²) in [5.41, 5.74) is 9.37. The number of H-pyrrole nitrogens is 1. The molecule has 106 valence electrons. The van der Waals surface area contributed by atoms with E-state index in [0.29, 0.717) is 5.69 Å². The molecule has 7 heteroatoms. The minimum absolute atomic E-state index is 0.125. The molecule has 2 aromatic heterocycles. The van der Waals surface area contributed by atoms with Crippen LogP contribution in [-0.4, -0.2) is 26.5 Å². The fourth-order valence-electron chi connectivity index (χ4n) is 2.29. The summed E-state index contributed by atoms with van der Waals surface area (Å²) >= 11 is 0. The fraction of sp³-hybridized carbons (Fsp3) is 0.143. The molecule has 0 atom stereocenters. The van der Waals surface area contributed by atoms with Crippen LogP contribution < -0.4 is 5.73 Å². The first-order chi connectivity index (χ1) is 10.1. The number of amides is 1. The second kappa shape index (κ2) is 4.86. The highest BCUT2D eigenvalue weighted by atomic mass is 16.5. The minimum Gasteiger partial charge on any atom is -0.364 e. The average molecular weight is 283 g/mol. The van der Waals surface area contributed by atoms with Crippen LogP contribution >= 0.6 is 0 Å². The number of nitrogens with zero attached hydrogens (tertiary/aromatic N) is 3. The first-order valence-electron chi connectivity index (χ1n) is 6.32. The first kappa shape index (κ1) is 13.0. The van der Waals surface area contributed by atoms with Gasteiger partial charge in [-0.1, -0.05) is 29.4 Å². The van der Waals surface area contributed by atoms with Gasteiger partial charge in [-0.2, -0.15) is 15.4 Å². The monoisotopic (exact) mass is 283 g/mol. The third-order valence-corrected chi connectivity index (χ3v) is 3.26. The molecule has 3 rings (SSSR count). The Morgan fingerprint density at radius 2 is 1.81 bits per heavy atom. The Balaban J connectivity index is 2.02. The molecule has 0 unspecified atom stereocenters. The molecule has 0 bridgehead atoms. The van der Waals surface area contributed by atoms with Gasteiger partial charge in [0.2, 0.25) is 0 Å². The summed E-state index contributed by atoms with van der Waals surface area (Å²) in [5.74, 6) is 0.146. The largest absolute Gasteiger partial charge is 0.364 e. The maximum absolute atomic E-state index is 11.3. The molecular formula is C14H13N5O2. The highest BCUT2D eigenvalue weighted by Gasteiger charge is 2.16. The van der Waals surface area contributed by atoms with Crippen LogP contribution in [0.3, 0.4) is 0 Å². The zero-order valence-corrected chi connectivity index (χ0v) is 11.5. The summed E-state index contributed by atoms with van der Waals surface area (Å²) in [6.07, 6.45) is 0. The molecular weight excluding hydrogens is 270 g/mol. The number of hydrogen-bond donors (Lipinski definition) is 2. The van der Waals surface area contributed by atoms with E-state index in [9.17, 15) is 4.79 Å². The topological polar surface area (TPSA) is 111 Å². The van der Waals surface area contributed by atoms with E-state index in [2.05, 4.69) is 20.6 Å². The lowest BCUT2D eigenvalue weighted by molar-refractivity contribution is 0.0996. The molecule has 21 heavy (non-hydrogen) atoms. The van der Waals surface area contributed by atoms with Crippen LogP contribution in [0.2, 0.25) is 0 Å². The molecule has 2 heterocycles. The number of primary amides is 1. The van der Waals surface area contributed by atoms with Crippen molar-refractivity contribution in [1.82, 2.24) is 20.6 Å². The number of carbonyl (C=O) groups excluding carboxylic acids is 1. The van der Waals surface area contributed by atoms with Crippen molar-refractivity contribution in [1.29, 1.82) is 0 Å². The molecule has 0 saturated carbocycles. The summed E-state index contributed by atoms with van der Waals surface area (Å²) in [4.78, 5) is 11.3. The average Bonchev–Trinajstić information content (AvgIpc) is 3.07. The molecule has 3 aromatic rings. The molecule has 0 saturated heterocycles. The van der Waals surface area contributed by atoms with Crippen molar-refractivity contribution in [3.05, 3.63) is 41.4 Å². The Bertz CT molecular complexity index is 782. The molecule has 1 aromatic carbocycles. The predicted molar refractivity (Wildman–Crippen MR) is 75.3 cm³/mol. The van der Waals surface area contributed by atoms with Crippen molar-refractivity contribution in [2.24, 2.45) is 5.73 Å². The van der Waals surface area contributed by atoms with Crippen molar-refractivity contribution < 1.29 is 9.32 Å². The Kier molecular flexibility index (Phi) is 3.02. The van der Waals surface area contributed by atoms with Crippen LogP contribution in [-0.2, 0) is 0 Å². The number of aromatic nitrogens is 4. The van der Waals surface area contributed by atoms with E-state index in [1.54, 1.807) is 0 Å². The Hall–Kier alpha value is -2.96. The molecule has 1 amide bonds. The fourth-order valence-corrected chi connectivity index (χ4v) is 2.29. The smallest absolute Gasteiger partial charge is 0.271 e. The highest BCUT2D eigenvalue weighted by molar-refractivity contribution is 5.96. The number of benzene rings is 1. The molecule has 0 aliphatic heterocycles. The Labute approximate surface area is 120 Å². The third kappa shape index (κ3) is 2.18. The maximum atomic E-state index is 11.3. The van der Waals surface area contributed by atoms with Gasteiger partial charge in [-0.25, -0.2) is 0 Å². The summed E-state index contributed by atoms with van der Waals surface area (Å²) in [5, 5.41) is 14.1. The van der Waals surface area contributed by atoms with Gasteiger partial charge in [-0.05, 0) is 19.4 Å². The molecule has 0 aliphatic carbocycles. The molecule has 0 radical (unpaired) electrons. The molecule has 0 spiro atoms. The number of nitrogens with one attached hydrogen (secondary N) is 1. The Morgan fingerprint density at radius 1 is 1.14 bits per heavy atom. The van der Waals surface area contributed by atoms with Crippen molar-refractivity contribution >= 4 is 5.91 Å². The maximum Gasteiger partial charge on any atom is 0.271 e. The highest BCUT2D eigenvalue weighted by Crippen LogP contribution is 2.29. The molecule has 7 nitrogen and oxygen atoms in total. The van der Waals surface area contributed by atoms with Gasteiger partial charge in [0.15, 0.2) is 5.69 Å². The van der Waals surface area contributed by atoms with Crippen LogP contribution in [0.1, 0.15) is 21.9 Å². The number of aryl methyl sites for hydroxylation is 2. The number of hydrogen-bond acceptors (Lipinski definition) is 5. The van der Waals surface area contributed by atoms with Gasteiger partial charge in [-0.15, -0.1) is 0 Å². The van der Waals surface area contributed by atoms with Crippen LogP contribution in [0.25, 0.3) is 22.4 Å². The van der Waals surface area contributed by atoms with Gasteiger partial charge in [-0.3, -0.25) is 4.79 Å². The second-order valence-corrected chi connectivity index (χ2v) is 4.66.